The molecule has 0 heterocycles. The van der Waals surface area contributed by atoms with Crippen molar-refractivity contribution in [2.75, 3.05) is 20.7 Å². The summed E-state index contributed by atoms with van der Waals surface area (Å²) in [5.41, 5.74) is 0.0696. The van der Waals surface area contributed by atoms with Crippen molar-refractivity contribution >= 4 is 11.9 Å². The van der Waals surface area contributed by atoms with Crippen molar-refractivity contribution < 1.29 is 24.5 Å². The van der Waals surface area contributed by atoms with Crippen LogP contribution in [-0.2, 0) is 9.53 Å². The molecule has 2 N–H and O–H groups in total. The average molecular weight is 253 g/mol. The molecule has 1 rings (SSSR count). The van der Waals surface area contributed by atoms with Crippen LogP contribution in [0.2, 0.25) is 0 Å². The Labute approximate surface area is 104 Å². The van der Waals surface area contributed by atoms with Crippen LogP contribution in [0, 0.1) is 0 Å². The summed E-state index contributed by atoms with van der Waals surface area (Å²) in [5.74, 6) is -1.27. The van der Waals surface area contributed by atoms with Crippen LogP contribution in [0.15, 0.2) is 18.2 Å². The van der Waals surface area contributed by atoms with E-state index in [9.17, 15) is 14.7 Å². The van der Waals surface area contributed by atoms with Crippen LogP contribution in [0.4, 0.5) is 0 Å². The smallest absolute Gasteiger partial charge is 0.307 e. The van der Waals surface area contributed by atoms with E-state index in [1.807, 2.05) is 0 Å². The van der Waals surface area contributed by atoms with Gasteiger partial charge in [0.15, 0.2) is 0 Å². The second-order valence-corrected chi connectivity index (χ2v) is 3.75. The topological polar surface area (TPSA) is 87.1 Å². The first-order valence-electron chi connectivity index (χ1n) is 5.30. The molecule has 0 aromatic heterocycles. The van der Waals surface area contributed by atoms with Gasteiger partial charge in [0, 0.05) is 19.7 Å². The summed E-state index contributed by atoms with van der Waals surface area (Å²) in [6, 6.07) is 3.71. The van der Waals surface area contributed by atoms with Gasteiger partial charge in [-0.1, -0.05) is 0 Å². The Kier molecular flexibility index (Phi) is 4.53. The van der Waals surface area contributed by atoms with Gasteiger partial charge in [0.1, 0.15) is 11.5 Å². The van der Waals surface area contributed by atoms with Gasteiger partial charge >= 0.3 is 5.97 Å². The molecule has 0 radical (unpaired) electrons. The monoisotopic (exact) mass is 253 g/mol. The Hall–Kier alpha value is -2.24. The van der Waals surface area contributed by atoms with Crippen molar-refractivity contribution in [3.05, 3.63) is 23.8 Å². The maximum atomic E-state index is 11.9. The molecule has 0 saturated heterocycles. The number of ether oxygens (including phenoxy) is 1. The van der Waals surface area contributed by atoms with Gasteiger partial charge in [-0.2, -0.15) is 0 Å². The van der Waals surface area contributed by atoms with Gasteiger partial charge in [0.2, 0.25) is 0 Å². The number of phenols is 2. The van der Waals surface area contributed by atoms with Crippen LogP contribution < -0.4 is 0 Å². The molecule has 0 fully saturated rings. The molecule has 0 aliphatic rings. The van der Waals surface area contributed by atoms with Crippen LogP contribution in [0.3, 0.4) is 0 Å². The van der Waals surface area contributed by atoms with Crippen molar-refractivity contribution in [2.45, 2.75) is 6.42 Å². The molecule has 0 bridgehead atoms. The normalized spacial score (nSPS) is 9.89. The van der Waals surface area contributed by atoms with E-state index in [0.29, 0.717) is 0 Å². The molecule has 0 saturated carbocycles. The van der Waals surface area contributed by atoms with Gasteiger partial charge in [-0.3, -0.25) is 9.59 Å². The van der Waals surface area contributed by atoms with Crippen LogP contribution in [0.5, 0.6) is 11.5 Å². The Morgan fingerprint density at radius 2 is 2.00 bits per heavy atom. The number of esters is 1. The fraction of sp³-hybridized carbons (Fsp3) is 0.333. The van der Waals surface area contributed by atoms with E-state index >= 15 is 0 Å². The number of carbonyl (C=O) groups excluding carboxylic acids is 2. The Morgan fingerprint density at radius 1 is 1.33 bits per heavy atom. The summed E-state index contributed by atoms with van der Waals surface area (Å²) < 4.78 is 4.47. The summed E-state index contributed by atoms with van der Waals surface area (Å²) in [6.45, 7) is 0.186. The zero-order valence-corrected chi connectivity index (χ0v) is 10.2. The maximum Gasteiger partial charge on any atom is 0.307 e. The highest BCUT2D eigenvalue weighted by Crippen LogP contribution is 2.23. The number of phenolic OH excluding ortho intramolecular Hbond substituents is 2. The molecule has 98 valence electrons. The molecule has 1 amide bonds. The molecule has 0 unspecified atom stereocenters. The summed E-state index contributed by atoms with van der Waals surface area (Å²) in [5, 5.41) is 18.7. The van der Waals surface area contributed by atoms with E-state index in [4.69, 9.17) is 5.11 Å². The number of carbonyl (C=O) groups is 2. The second kappa shape index (κ2) is 5.90. The highest BCUT2D eigenvalue weighted by atomic mass is 16.5. The summed E-state index contributed by atoms with van der Waals surface area (Å²) in [4.78, 5) is 24.1. The number of benzene rings is 1. The van der Waals surface area contributed by atoms with Crippen LogP contribution >= 0.6 is 0 Å². The Balaban J connectivity index is 2.71. The number of aromatic hydroxyl groups is 2. The fourth-order valence-electron chi connectivity index (χ4n) is 1.37. The lowest BCUT2D eigenvalue weighted by Gasteiger charge is -2.17. The molecule has 0 atom stereocenters. The minimum absolute atomic E-state index is 0.0696. The molecule has 1 aromatic carbocycles. The first-order valence-corrected chi connectivity index (χ1v) is 5.30. The lowest BCUT2D eigenvalue weighted by molar-refractivity contribution is -0.140. The number of hydrogen-bond donors (Lipinski definition) is 2. The number of hydrogen-bond acceptors (Lipinski definition) is 5. The van der Waals surface area contributed by atoms with E-state index in [1.54, 1.807) is 0 Å². The number of amides is 1. The highest BCUT2D eigenvalue weighted by Gasteiger charge is 2.16. The molecule has 6 nitrogen and oxygen atoms in total. The lowest BCUT2D eigenvalue weighted by Crippen LogP contribution is -2.29. The minimum Gasteiger partial charge on any atom is -0.508 e. The molecule has 1 aromatic rings. The predicted octanol–water partition coefficient (Wildman–Crippen LogP) is 0.733. The fourth-order valence-corrected chi connectivity index (χ4v) is 1.37. The zero-order chi connectivity index (χ0) is 13.7. The molecular weight excluding hydrogens is 238 g/mol. The van der Waals surface area contributed by atoms with Crippen molar-refractivity contribution in [3.8, 4) is 11.5 Å². The average Bonchev–Trinajstić information content (AvgIpc) is 2.34. The van der Waals surface area contributed by atoms with Crippen LogP contribution in [0.1, 0.15) is 16.8 Å². The molecule has 18 heavy (non-hydrogen) atoms. The number of rotatable bonds is 4. The number of methoxy groups -OCH3 is 1. The van der Waals surface area contributed by atoms with Gasteiger partial charge in [-0.05, 0) is 12.1 Å². The van der Waals surface area contributed by atoms with Crippen molar-refractivity contribution in [1.29, 1.82) is 0 Å². The highest BCUT2D eigenvalue weighted by molar-refractivity contribution is 5.97. The van der Waals surface area contributed by atoms with Crippen LogP contribution in [0.25, 0.3) is 0 Å². The number of nitrogens with zero attached hydrogens (tertiary/aromatic N) is 1. The third kappa shape index (κ3) is 3.38. The molecule has 0 spiro atoms. The largest absolute Gasteiger partial charge is 0.508 e. The van der Waals surface area contributed by atoms with E-state index in [1.165, 1.54) is 31.2 Å². The first-order chi connectivity index (χ1) is 8.45. The summed E-state index contributed by atoms with van der Waals surface area (Å²) in [6.07, 6.45) is 0.0809. The van der Waals surface area contributed by atoms with E-state index in [2.05, 4.69) is 4.74 Å². The van der Waals surface area contributed by atoms with Crippen molar-refractivity contribution in [2.24, 2.45) is 0 Å². The summed E-state index contributed by atoms with van der Waals surface area (Å²) >= 11 is 0. The van der Waals surface area contributed by atoms with Gasteiger partial charge in [-0.25, -0.2) is 0 Å². The maximum absolute atomic E-state index is 11.9. The van der Waals surface area contributed by atoms with E-state index < -0.39 is 11.9 Å². The SMILES string of the molecule is COC(=O)CCN(C)C(=O)c1ccc(O)cc1O. The van der Waals surface area contributed by atoms with E-state index in [-0.39, 0.29) is 30.0 Å². The van der Waals surface area contributed by atoms with Crippen LogP contribution in [-0.4, -0.2) is 47.7 Å². The van der Waals surface area contributed by atoms with Gasteiger partial charge in [0.05, 0.1) is 19.1 Å². The third-order valence-electron chi connectivity index (χ3n) is 2.44. The standard InChI is InChI=1S/C12H15NO5/c1-13(6-5-11(16)18-2)12(17)9-4-3-8(14)7-10(9)15/h3-4,7,14-15H,5-6H2,1-2H3. The van der Waals surface area contributed by atoms with Crippen molar-refractivity contribution in [1.82, 2.24) is 4.90 Å². The summed E-state index contributed by atoms with van der Waals surface area (Å²) in [7, 11) is 2.79. The molecule has 6 heteroatoms. The van der Waals surface area contributed by atoms with Gasteiger partial charge in [0.25, 0.3) is 5.91 Å². The Bertz CT molecular complexity index is 458. The molecular formula is C12H15NO5. The van der Waals surface area contributed by atoms with Gasteiger partial charge < -0.3 is 19.8 Å². The zero-order valence-electron chi connectivity index (χ0n) is 10.2. The second-order valence-electron chi connectivity index (χ2n) is 3.75. The third-order valence-corrected chi connectivity index (χ3v) is 2.44. The first kappa shape index (κ1) is 13.8. The molecule has 0 aliphatic carbocycles. The van der Waals surface area contributed by atoms with E-state index in [0.717, 1.165) is 6.07 Å². The lowest BCUT2D eigenvalue weighted by atomic mass is 10.1. The Morgan fingerprint density at radius 3 is 2.56 bits per heavy atom. The predicted molar refractivity (Wildman–Crippen MR) is 63.4 cm³/mol. The minimum atomic E-state index is -0.434. The quantitative estimate of drug-likeness (QED) is 0.772. The molecule has 0 aliphatic heterocycles. The van der Waals surface area contributed by atoms with Gasteiger partial charge in [-0.15, -0.1) is 0 Å². The van der Waals surface area contributed by atoms with Crippen molar-refractivity contribution in [3.63, 3.8) is 0 Å².